The molecule has 0 saturated heterocycles. The van der Waals surface area contributed by atoms with Crippen LogP contribution >= 0.6 is 11.6 Å². The van der Waals surface area contributed by atoms with E-state index in [-0.39, 0.29) is 10.8 Å². The van der Waals surface area contributed by atoms with E-state index in [1.165, 1.54) is 18.4 Å². The van der Waals surface area contributed by atoms with Gasteiger partial charge in [-0.25, -0.2) is 0 Å². The Balaban J connectivity index is 2.22. The maximum atomic E-state index is 6.66. The molecule has 1 aromatic heterocycles. The monoisotopic (exact) mass is 295 g/mol. The second-order valence-electron chi connectivity index (χ2n) is 6.60. The van der Waals surface area contributed by atoms with E-state index in [1.54, 1.807) is 6.20 Å². The minimum Gasteiger partial charge on any atom is -0.492 e. The third kappa shape index (κ3) is 3.28. The molecule has 1 aliphatic carbocycles. The summed E-state index contributed by atoms with van der Waals surface area (Å²) in [6.45, 7) is 9.54. The first-order chi connectivity index (χ1) is 9.45. The summed E-state index contributed by atoms with van der Waals surface area (Å²) in [6, 6.07) is 2.12. The highest BCUT2D eigenvalue weighted by Gasteiger charge is 2.39. The molecule has 0 spiro atoms. The summed E-state index contributed by atoms with van der Waals surface area (Å²) in [6.07, 6.45) is 7.33. The smallest absolute Gasteiger partial charge is 0.137 e. The number of nitrogens with zero attached hydrogens (tertiary/aromatic N) is 1. The lowest BCUT2D eigenvalue weighted by atomic mass is 9.66. The standard InChI is InChI=1S/C17H26ClNO/c1-5-20-14-9-13(10-19-11-14)17(3,4)15-7-6-12(2)8-16(15)18/h9-12,15-16H,5-8H2,1-4H3. The average molecular weight is 296 g/mol. The molecule has 3 heteroatoms. The Morgan fingerprint density at radius 2 is 2.10 bits per heavy atom. The Hall–Kier alpha value is -0.760. The van der Waals surface area contributed by atoms with Crippen LogP contribution in [-0.4, -0.2) is 17.0 Å². The summed E-state index contributed by atoms with van der Waals surface area (Å²) in [5, 5.41) is 0.254. The summed E-state index contributed by atoms with van der Waals surface area (Å²) in [7, 11) is 0. The Morgan fingerprint density at radius 3 is 2.75 bits per heavy atom. The van der Waals surface area contributed by atoms with Crippen molar-refractivity contribution in [2.45, 2.75) is 57.7 Å². The first-order valence-corrected chi connectivity index (χ1v) is 8.11. The van der Waals surface area contributed by atoms with Crippen molar-refractivity contribution in [3.05, 3.63) is 24.0 Å². The van der Waals surface area contributed by atoms with E-state index >= 15 is 0 Å². The average Bonchev–Trinajstić information content (AvgIpc) is 2.39. The van der Waals surface area contributed by atoms with Gasteiger partial charge in [-0.15, -0.1) is 11.6 Å². The summed E-state index contributed by atoms with van der Waals surface area (Å²) >= 11 is 6.66. The van der Waals surface area contributed by atoms with E-state index in [9.17, 15) is 0 Å². The minimum absolute atomic E-state index is 0.0344. The fourth-order valence-corrected chi connectivity index (χ4v) is 4.10. The summed E-state index contributed by atoms with van der Waals surface area (Å²) in [5.41, 5.74) is 1.26. The van der Waals surface area contributed by atoms with Gasteiger partial charge in [0.15, 0.2) is 0 Å². The van der Waals surface area contributed by atoms with Gasteiger partial charge in [0.05, 0.1) is 12.8 Å². The van der Waals surface area contributed by atoms with E-state index in [2.05, 4.69) is 31.8 Å². The first kappa shape index (κ1) is 15.6. The third-order valence-corrected chi connectivity index (χ3v) is 5.21. The second-order valence-corrected chi connectivity index (χ2v) is 7.17. The molecule has 0 aromatic carbocycles. The van der Waals surface area contributed by atoms with Crippen molar-refractivity contribution in [1.82, 2.24) is 4.98 Å². The maximum Gasteiger partial charge on any atom is 0.137 e. The van der Waals surface area contributed by atoms with Gasteiger partial charge in [-0.3, -0.25) is 4.98 Å². The van der Waals surface area contributed by atoms with Crippen molar-refractivity contribution in [2.75, 3.05) is 6.61 Å². The van der Waals surface area contributed by atoms with Crippen molar-refractivity contribution in [3.8, 4) is 5.75 Å². The fourth-order valence-electron chi connectivity index (χ4n) is 3.36. The largest absolute Gasteiger partial charge is 0.492 e. The quantitative estimate of drug-likeness (QED) is 0.744. The molecule has 1 saturated carbocycles. The lowest BCUT2D eigenvalue weighted by molar-refractivity contribution is 0.206. The lowest BCUT2D eigenvalue weighted by Crippen LogP contribution is -2.38. The van der Waals surface area contributed by atoms with E-state index in [1.807, 2.05) is 13.1 Å². The molecule has 2 rings (SSSR count). The van der Waals surface area contributed by atoms with Crippen LogP contribution < -0.4 is 4.74 Å². The number of aromatic nitrogens is 1. The number of ether oxygens (including phenoxy) is 1. The molecule has 0 bridgehead atoms. The molecule has 0 amide bonds. The highest BCUT2D eigenvalue weighted by Crippen LogP contribution is 2.44. The van der Waals surface area contributed by atoms with Crippen LogP contribution in [0.5, 0.6) is 5.75 Å². The lowest BCUT2D eigenvalue weighted by Gasteiger charge is -2.42. The molecule has 2 nitrogen and oxygen atoms in total. The molecule has 112 valence electrons. The van der Waals surface area contributed by atoms with Gasteiger partial charge in [0, 0.05) is 11.6 Å². The van der Waals surface area contributed by atoms with Crippen LogP contribution in [0.3, 0.4) is 0 Å². The normalized spacial score (nSPS) is 27.4. The first-order valence-electron chi connectivity index (χ1n) is 7.67. The van der Waals surface area contributed by atoms with Crippen LogP contribution in [-0.2, 0) is 5.41 Å². The summed E-state index contributed by atoms with van der Waals surface area (Å²) < 4.78 is 5.58. The molecule has 0 radical (unpaired) electrons. The summed E-state index contributed by atoms with van der Waals surface area (Å²) in [5.74, 6) is 2.10. The molecule has 1 aromatic rings. The Labute approximate surface area is 127 Å². The minimum atomic E-state index is 0.0344. The molecule has 0 aliphatic heterocycles. The molecule has 3 unspecified atom stereocenters. The SMILES string of the molecule is CCOc1cncc(C(C)(C)C2CCC(C)CC2Cl)c1. The molecule has 1 aliphatic rings. The van der Waals surface area contributed by atoms with E-state index in [0.717, 1.165) is 18.1 Å². The van der Waals surface area contributed by atoms with Crippen molar-refractivity contribution in [3.63, 3.8) is 0 Å². The Kier molecular flexibility index (Phi) is 4.95. The number of halogens is 1. The molecular formula is C17H26ClNO. The topological polar surface area (TPSA) is 22.1 Å². The van der Waals surface area contributed by atoms with Crippen LogP contribution in [0, 0.1) is 11.8 Å². The Morgan fingerprint density at radius 1 is 1.35 bits per heavy atom. The number of pyridine rings is 1. The van der Waals surface area contributed by atoms with Crippen molar-refractivity contribution >= 4 is 11.6 Å². The molecule has 1 fully saturated rings. The van der Waals surface area contributed by atoms with E-state index < -0.39 is 0 Å². The number of rotatable bonds is 4. The van der Waals surface area contributed by atoms with Crippen molar-refractivity contribution in [1.29, 1.82) is 0 Å². The zero-order valence-electron chi connectivity index (χ0n) is 13.0. The highest BCUT2D eigenvalue weighted by molar-refractivity contribution is 6.20. The Bertz CT molecular complexity index is 446. The van der Waals surface area contributed by atoms with Crippen LogP contribution in [0.15, 0.2) is 18.5 Å². The molecular weight excluding hydrogens is 270 g/mol. The predicted octanol–water partition coefficient (Wildman–Crippen LogP) is 4.80. The number of hydrogen-bond acceptors (Lipinski definition) is 2. The zero-order chi connectivity index (χ0) is 14.8. The van der Waals surface area contributed by atoms with Crippen LogP contribution in [0.25, 0.3) is 0 Å². The molecule has 0 N–H and O–H groups in total. The van der Waals surface area contributed by atoms with Gasteiger partial charge in [0.2, 0.25) is 0 Å². The van der Waals surface area contributed by atoms with Crippen LogP contribution in [0.2, 0.25) is 0 Å². The predicted molar refractivity (Wildman–Crippen MR) is 84.6 cm³/mol. The van der Waals surface area contributed by atoms with Crippen LogP contribution in [0.4, 0.5) is 0 Å². The fraction of sp³-hybridized carbons (Fsp3) is 0.706. The molecule has 20 heavy (non-hydrogen) atoms. The van der Waals surface area contributed by atoms with E-state index in [0.29, 0.717) is 12.5 Å². The van der Waals surface area contributed by atoms with E-state index in [4.69, 9.17) is 16.3 Å². The summed E-state index contributed by atoms with van der Waals surface area (Å²) in [4.78, 5) is 4.34. The zero-order valence-corrected chi connectivity index (χ0v) is 13.8. The van der Waals surface area contributed by atoms with Gasteiger partial charge in [-0.1, -0.05) is 27.2 Å². The molecule has 3 atom stereocenters. The third-order valence-electron chi connectivity index (χ3n) is 4.73. The second kappa shape index (κ2) is 6.34. The molecule has 1 heterocycles. The maximum absolute atomic E-state index is 6.66. The highest BCUT2D eigenvalue weighted by atomic mass is 35.5. The van der Waals surface area contributed by atoms with Gasteiger partial charge in [-0.05, 0) is 48.6 Å². The van der Waals surface area contributed by atoms with Gasteiger partial charge in [0.1, 0.15) is 5.75 Å². The number of alkyl halides is 1. The van der Waals surface area contributed by atoms with Crippen molar-refractivity contribution < 1.29 is 4.74 Å². The van der Waals surface area contributed by atoms with Crippen molar-refractivity contribution in [2.24, 2.45) is 11.8 Å². The van der Waals surface area contributed by atoms with Crippen LogP contribution in [0.1, 0.15) is 52.5 Å². The van der Waals surface area contributed by atoms with Gasteiger partial charge in [0.25, 0.3) is 0 Å². The van der Waals surface area contributed by atoms with Gasteiger partial charge < -0.3 is 4.74 Å². The van der Waals surface area contributed by atoms with Gasteiger partial charge in [-0.2, -0.15) is 0 Å². The number of hydrogen-bond donors (Lipinski definition) is 0. The van der Waals surface area contributed by atoms with Gasteiger partial charge >= 0.3 is 0 Å².